The van der Waals surface area contributed by atoms with E-state index in [1.54, 1.807) is 4.90 Å². The Balaban J connectivity index is 1.78. The molecular weight excluding hydrogens is 244 g/mol. The summed E-state index contributed by atoms with van der Waals surface area (Å²) < 4.78 is 4.84. The Kier molecular flexibility index (Phi) is 2.89. The lowest BCUT2D eigenvalue weighted by molar-refractivity contribution is -0.119. The second kappa shape index (κ2) is 4.57. The predicted octanol–water partition coefficient (Wildman–Crippen LogP) is 1.42. The van der Waals surface area contributed by atoms with Crippen molar-refractivity contribution in [3.05, 3.63) is 29.8 Å². The molecule has 2 heterocycles. The average Bonchev–Trinajstić information content (AvgIpc) is 2.92. The van der Waals surface area contributed by atoms with Crippen molar-refractivity contribution in [1.29, 1.82) is 0 Å². The molecule has 3 rings (SSSR count). The van der Waals surface area contributed by atoms with Crippen LogP contribution in [0.4, 0.5) is 10.5 Å². The number of ether oxygens (including phenoxy) is 1. The van der Waals surface area contributed by atoms with Crippen molar-refractivity contribution in [1.82, 2.24) is 4.90 Å². The van der Waals surface area contributed by atoms with Gasteiger partial charge in [-0.15, -0.1) is 0 Å². The molecule has 0 radical (unpaired) electrons. The summed E-state index contributed by atoms with van der Waals surface area (Å²) in [6, 6.07) is 8.06. The molecule has 100 valence electrons. The van der Waals surface area contributed by atoms with E-state index in [9.17, 15) is 9.59 Å². The van der Waals surface area contributed by atoms with Crippen molar-refractivity contribution in [2.45, 2.75) is 19.4 Å². The third-order valence-electron chi connectivity index (χ3n) is 3.65. The molecule has 1 unspecified atom stereocenters. The van der Waals surface area contributed by atoms with Gasteiger partial charge in [-0.05, 0) is 25.0 Å². The van der Waals surface area contributed by atoms with Crippen LogP contribution in [0.3, 0.4) is 0 Å². The fourth-order valence-electron chi connectivity index (χ4n) is 2.75. The molecule has 0 saturated carbocycles. The molecule has 19 heavy (non-hydrogen) atoms. The summed E-state index contributed by atoms with van der Waals surface area (Å²) in [5, 5.41) is 0. The van der Waals surface area contributed by atoms with Gasteiger partial charge >= 0.3 is 6.09 Å². The molecule has 0 spiro atoms. The lowest BCUT2D eigenvalue weighted by Crippen LogP contribution is -2.43. The first-order valence-electron chi connectivity index (χ1n) is 6.48. The number of rotatable bonds is 2. The molecule has 5 heteroatoms. The summed E-state index contributed by atoms with van der Waals surface area (Å²) in [6.45, 7) is 2.99. The van der Waals surface area contributed by atoms with E-state index in [0.29, 0.717) is 13.2 Å². The summed E-state index contributed by atoms with van der Waals surface area (Å²) in [5.74, 6) is -0.0451. The Hall–Kier alpha value is -2.04. The Labute approximate surface area is 111 Å². The number of amides is 2. The number of fused-ring (bicyclic) bond motifs is 1. The van der Waals surface area contributed by atoms with Gasteiger partial charge in [0, 0.05) is 11.7 Å². The van der Waals surface area contributed by atoms with E-state index in [2.05, 4.69) is 0 Å². The zero-order valence-electron chi connectivity index (χ0n) is 10.8. The molecule has 0 aromatic heterocycles. The normalized spacial score (nSPS) is 21.5. The molecule has 1 saturated heterocycles. The van der Waals surface area contributed by atoms with Gasteiger partial charge in [-0.25, -0.2) is 4.79 Å². The Morgan fingerprint density at radius 2 is 2.21 bits per heavy atom. The Morgan fingerprint density at radius 1 is 1.42 bits per heavy atom. The molecule has 0 N–H and O–H groups in total. The molecule has 1 aromatic carbocycles. The van der Waals surface area contributed by atoms with Crippen molar-refractivity contribution in [2.75, 3.05) is 24.6 Å². The van der Waals surface area contributed by atoms with Crippen LogP contribution in [0.1, 0.15) is 12.5 Å². The second-order valence-electron chi connectivity index (χ2n) is 4.98. The highest BCUT2D eigenvalue weighted by atomic mass is 16.6. The number of carbonyl (C=O) groups excluding carboxylic acids is 2. The van der Waals surface area contributed by atoms with Crippen LogP contribution in [0.15, 0.2) is 24.3 Å². The third-order valence-corrected chi connectivity index (χ3v) is 3.65. The predicted molar refractivity (Wildman–Crippen MR) is 70.0 cm³/mol. The topological polar surface area (TPSA) is 49.9 Å². The Morgan fingerprint density at radius 3 is 2.95 bits per heavy atom. The Bertz CT molecular complexity index is 529. The maximum Gasteiger partial charge on any atom is 0.410 e. The van der Waals surface area contributed by atoms with Crippen LogP contribution in [0.25, 0.3) is 0 Å². The second-order valence-corrected chi connectivity index (χ2v) is 4.98. The number of cyclic esters (lactones) is 1. The molecular formula is C14H16N2O3. The highest BCUT2D eigenvalue weighted by Gasteiger charge is 2.33. The van der Waals surface area contributed by atoms with Gasteiger partial charge in [-0.2, -0.15) is 0 Å². The quantitative estimate of drug-likeness (QED) is 0.808. The van der Waals surface area contributed by atoms with Crippen molar-refractivity contribution < 1.29 is 14.3 Å². The monoisotopic (exact) mass is 260 g/mol. The molecule has 1 fully saturated rings. The summed E-state index contributed by atoms with van der Waals surface area (Å²) in [7, 11) is 0. The van der Waals surface area contributed by atoms with Crippen LogP contribution in [-0.4, -0.2) is 42.6 Å². The molecule has 1 atom stereocenters. The van der Waals surface area contributed by atoms with Crippen LogP contribution in [-0.2, 0) is 16.0 Å². The number of carbonyl (C=O) groups is 2. The highest BCUT2D eigenvalue weighted by Crippen LogP contribution is 2.31. The van der Waals surface area contributed by atoms with Crippen LogP contribution >= 0.6 is 0 Å². The fourth-order valence-corrected chi connectivity index (χ4v) is 2.75. The number of hydrogen-bond donors (Lipinski definition) is 0. The van der Waals surface area contributed by atoms with Crippen LogP contribution in [0, 0.1) is 0 Å². The zero-order chi connectivity index (χ0) is 13.4. The highest BCUT2D eigenvalue weighted by molar-refractivity contribution is 5.98. The number of nitrogens with zero attached hydrogens (tertiary/aromatic N) is 2. The maximum atomic E-state index is 12.4. The first-order valence-corrected chi connectivity index (χ1v) is 6.48. The minimum atomic E-state index is -0.395. The molecule has 2 aliphatic heterocycles. The summed E-state index contributed by atoms with van der Waals surface area (Å²) in [6.07, 6.45) is 0.472. The molecule has 2 aliphatic rings. The lowest BCUT2D eigenvalue weighted by Gasteiger charge is -2.24. The minimum Gasteiger partial charge on any atom is -0.448 e. The van der Waals surface area contributed by atoms with E-state index in [0.717, 1.165) is 12.1 Å². The van der Waals surface area contributed by atoms with Gasteiger partial charge in [-0.1, -0.05) is 18.2 Å². The molecule has 2 amide bonds. The molecule has 1 aromatic rings. The lowest BCUT2D eigenvalue weighted by atomic mass is 10.1. The van der Waals surface area contributed by atoms with Gasteiger partial charge in [0.15, 0.2) is 0 Å². The molecule has 0 aliphatic carbocycles. The van der Waals surface area contributed by atoms with E-state index in [1.807, 2.05) is 31.2 Å². The standard InChI is InChI=1S/C14H16N2O3/c1-10-8-11-4-2-3-5-12(11)16(10)13(17)9-15-6-7-19-14(15)18/h2-5,10H,6-9H2,1H3. The SMILES string of the molecule is CC1Cc2ccccc2N1C(=O)CN1CCOC1=O. The first-order chi connectivity index (χ1) is 9.16. The fraction of sp³-hybridized carbons (Fsp3) is 0.429. The maximum absolute atomic E-state index is 12.4. The van der Waals surface area contributed by atoms with Gasteiger partial charge in [0.25, 0.3) is 0 Å². The van der Waals surface area contributed by atoms with Crippen molar-refractivity contribution >= 4 is 17.7 Å². The van der Waals surface area contributed by atoms with Crippen LogP contribution in [0.2, 0.25) is 0 Å². The van der Waals surface area contributed by atoms with E-state index in [1.165, 1.54) is 10.5 Å². The van der Waals surface area contributed by atoms with Crippen LogP contribution in [0.5, 0.6) is 0 Å². The van der Waals surface area contributed by atoms with E-state index >= 15 is 0 Å². The number of anilines is 1. The van der Waals surface area contributed by atoms with E-state index < -0.39 is 6.09 Å². The largest absolute Gasteiger partial charge is 0.448 e. The number of hydrogen-bond acceptors (Lipinski definition) is 3. The minimum absolute atomic E-state index is 0.0451. The molecule has 0 bridgehead atoms. The summed E-state index contributed by atoms with van der Waals surface area (Å²) in [5.41, 5.74) is 2.15. The number of para-hydroxylation sites is 1. The van der Waals surface area contributed by atoms with Gasteiger partial charge < -0.3 is 9.64 Å². The van der Waals surface area contributed by atoms with Crippen molar-refractivity contribution in [3.8, 4) is 0 Å². The van der Waals surface area contributed by atoms with E-state index in [-0.39, 0.29) is 18.5 Å². The average molecular weight is 260 g/mol. The van der Waals surface area contributed by atoms with Gasteiger partial charge in [-0.3, -0.25) is 9.69 Å². The summed E-state index contributed by atoms with van der Waals surface area (Å²) >= 11 is 0. The summed E-state index contributed by atoms with van der Waals surface area (Å²) in [4.78, 5) is 27.0. The van der Waals surface area contributed by atoms with Crippen LogP contribution < -0.4 is 4.90 Å². The third kappa shape index (κ3) is 2.05. The van der Waals surface area contributed by atoms with Gasteiger partial charge in [0.2, 0.25) is 5.91 Å². The van der Waals surface area contributed by atoms with Crippen molar-refractivity contribution in [3.63, 3.8) is 0 Å². The van der Waals surface area contributed by atoms with Crippen molar-refractivity contribution in [2.24, 2.45) is 0 Å². The molecule has 5 nitrogen and oxygen atoms in total. The van der Waals surface area contributed by atoms with Gasteiger partial charge in [0.1, 0.15) is 13.2 Å². The van der Waals surface area contributed by atoms with Gasteiger partial charge in [0.05, 0.1) is 6.54 Å². The van der Waals surface area contributed by atoms with E-state index in [4.69, 9.17) is 4.74 Å². The smallest absolute Gasteiger partial charge is 0.410 e. The first kappa shape index (κ1) is 12.0. The zero-order valence-corrected chi connectivity index (χ0v) is 10.8. The number of benzene rings is 1.